The van der Waals surface area contributed by atoms with Gasteiger partial charge in [0.15, 0.2) is 0 Å². The second kappa shape index (κ2) is 7.64. The fraction of sp³-hybridized carbons (Fsp3) is 0.600. The molecule has 1 rings (SSSR count). The number of hydrogen-bond acceptors (Lipinski definition) is 2. The minimum absolute atomic E-state index is 0.0489. The van der Waals surface area contributed by atoms with Crippen molar-refractivity contribution in [2.24, 2.45) is 0 Å². The van der Waals surface area contributed by atoms with Crippen molar-refractivity contribution in [1.82, 2.24) is 10.2 Å². The molecule has 1 aromatic carbocycles. The van der Waals surface area contributed by atoms with Crippen LogP contribution in [0.25, 0.3) is 0 Å². The summed E-state index contributed by atoms with van der Waals surface area (Å²) in [5.41, 5.74) is 0.272. The SMILES string of the molecule is CCN(CC)CCNC(C)c1ccc(C(F)(F)F)cc1. The summed E-state index contributed by atoms with van der Waals surface area (Å²) in [6.07, 6.45) is -4.27. The molecule has 0 saturated carbocycles. The van der Waals surface area contributed by atoms with Crippen molar-refractivity contribution in [3.05, 3.63) is 35.4 Å². The highest BCUT2D eigenvalue weighted by molar-refractivity contribution is 5.26. The van der Waals surface area contributed by atoms with Gasteiger partial charge in [0.25, 0.3) is 0 Å². The topological polar surface area (TPSA) is 15.3 Å². The molecule has 0 aliphatic carbocycles. The van der Waals surface area contributed by atoms with E-state index < -0.39 is 11.7 Å². The Hall–Kier alpha value is -1.07. The van der Waals surface area contributed by atoms with Crippen molar-refractivity contribution >= 4 is 0 Å². The molecule has 5 heteroatoms. The van der Waals surface area contributed by atoms with E-state index in [0.29, 0.717) is 0 Å². The normalized spacial score (nSPS) is 13.8. The van der Waals surface area contributed by atoms with E-state index in [-0.39, 0.29) is 6.04 Å². The molecule has 20 heavy (non-hydrogen) atoms. The molecule has 0 saturated heterocycles. The van der Waals surface area contributed by atoms with E-state index in [1.165, 1.54) is 12.1 Å². The lowest BCUT2D eigenvalue weighted by Crippen LogP contribution is -2.33. The van der Waals surface area contributed by atoms with Crippen molar-refractivity contribution in [2.45, 2.75) is 33.0 Å². The molecule has 1 atom stereocenters. The van der Waals surface area contributed by atoms with Crippen LogP contribution in [0.3, 0.4) is 0 Å². The smallest absolute Gasteiger partial charge is 0.309 e. The van der Waals surface area contributed by atoms with E-state index in [4.69, 9.17) is 0 Å². The van der Waals surface area contributed by atoms with Gasteiger partial charge in [-0.3, -0.25) is 0 Å². The molecular formula is C15H23F3N2. The molecule has 0 amide bonds. The van der Waals surface area contributed by atoms with Crippen molar-refractivity contribution in [3.63, 3.8) is 0 Å². The Bertz CT molecular complexity index is 383. The van der Waals surface area contributed by atoms with Gasteiger partial charge >= 0.3 is 6.18 Å². The van der Waals surface area contributed by atoms with Crippen molar-refractivity contribution in [3.8, 4) is 0 Å². The molecule has 1 aromatic rings. The maximum atomic E-state index is 12.5. The molecule has 0 aliphatic heterocycles. The Labute approximate surface area is 119 Å². The highest BCUT2D eigenvalue weighted by Crippen LogP contribution is 2.29. The first-order chi connectivity index (χ1) is 9.38. The predicted octanol–water partition coefficient (Wildman–Crippen LogP) is 3.70. The summed E-state index contributed by atoms with van der Waals surface area (Å²) < 4.78 is 37.4. The first-order valence-corrected chi connectivity index (χ1v) is 7.01. The number of hydrogen-bond donors (Lipinski definition) is 1. The summed E-state index contributed by atoms with van der Waals surface area (Å²) in [7, 11) is 0. The van der Waals surface area contributed by atoms with Crippen LogP contribution in [0.15, 0.2) is 24.3 Å². The van der Waals surface area contributed by atoms with Crippen LogP contribution in [0.4, 0.5) is 13.2 Å². The average molecular weight is 288 g/mol. The molecule has 0 radical (unpaired) electrons. The van der Waals surface area contributed by atoms with Gasteiger partial charge in [-0.25, -0.2) is 0 Å². The average Bonchev–Trinajstić information content (AvgIpc) is 2.42. The zero-order valence-electron chi connectivity index (χ0n) is 12.3. The summed E-state index contributed by atoms with van der Waals surface area (Å²) in [6, 6.07) is 5.40. The molecule has 0 bridgehead atoms. The lowest BCUT2D eigenvalue weighted by Gasteiger charge is -2.20. The lowest BCUT2D eigenvalue weighted by molar-refractivity contribution is -0.137. The fourth-order valence-corrected chi connectivity index (χ4v) is 2.06. The Balaban J connectivity index is 2.49. The van der Waals surface area contributed by atoms with Crippen molar-refractivity contribution in [2.75, 3.05) is 26.2 Å². The molecule has 114 valence electrons. The van der Waals surface area contributed by atoms with Gasteiger partial charge in [-0.15, -0.1) is 0 Å². The fourth-order valence-electron chi connectivity index (χ4n) is 2.06. The summed E-state index contributed by atoms with van der Waals surface area (Å²) in [4.78, 5) is 2.30. The summed E-state index contributed by atoms with van der Waals surface area (Å²) in [5, 5.41) is 3.33. The van der Waals surface area contributed by atoms with Crippen LogP contribution in [0, 0.1) is 0 Å². The number of likely N-dealkylation sites (N-methyl/N-ethyl adjacent to an activating group) is 1. The molecular weight excluding hydrogens is 265 g/mol. The van der Waals surface area contributed by atoms with Gasteiger partial charge < -0.3 is 10.2 Å². The van der Waals surface area contributed by atoms with Crippen LogP contribution < -0.4 is 5.32 Å². The highest BCUT2D eigenvalue weighted by Gasteiger charge is 2.30. The van der Waals surface area contributed by atoms with Crippen LogP contribution in [0.5, 0.6) is 0 Å². The molecule has 0 heterocycles. The van der Waals surface area contributed by atoms with E-state index in [9.17, 15) is 13.2 Å². The van der Waals surface area contributed by atoms with Gasteiger partial charge in [0, 0.05) is 19.1 Å². The third-order valence-electron chi connectivity index (χ3n) is 3.51. The number of nitrogens with one attached hydrogen (secondary N) is 1. The van der Waals surface area contributed by atoms with E-state index in [1.807, 2.05) is 6.92 Å². The molecule has 0 aromatic heterocycles. The zero-order valence-corrected chi connectivity index (χ0v) is 12.3. The van der Waals surface area contributed by atoms with Gasteiger partial charge in [0.05, 0.1) is 5.56 Å². The van der Waals surface area contributed by atoms with Crippen LogP contribution in [0.2, 0.25) is 0 Å². The van der Waals surface area contributed by atoms with E-state index in [0.717, 1.165) is 43.9 Å². The lowest BCUT2D eigenvalue weighted by atomic mass is 10.1. The predicted molar refractivity (Wildman–Crippen MR) is 75.6 cm³/mol. The van der Waals surface area contributed by atoms with Crippen molar-refractivity contribution in [1.29, 1.82) is 0 Å². The van der Waals surface area contributed by atoms with Crippen LogP contribution in [-0.2, 0) is 6.18 Å². The Morgan fingerprint density at radius 2 is 1.65 bits per heavy atom. The van der Waals surface area contributed by atoms with Crippen molar-refractivity contribution < 1.29 is 13.2 Å². The number of alkyl halides is 3. The number of nitrogens with zero attached hydrogens (tertiary/aromatic N) is 1. The molecule has 0 spiro atoms. The minimum atomic E-state index is -4.27. The molecule has 0 fully saturated rings. The Morgan fingerprint density at radius 3 is 2.10 bits per heavy atom. The monoisotopic (exact) mass is 288 g/mol. The van der Waals surface area contributed by atoms with Gasteiger partial charge in [-0.1, -0.05) is 26.0 Å². The molecule has 2 nitrogen and oxygen atoms in total. The Kier molecular flexibility index (Phi) is 6.49. The quantitative estimate of drug-likeness (QED) is 0.823. The van der Waals surface area contributed by atoms with Gasteiger partial charge in [0.1, 0.15) is 0 Å². The molecule has 0 aliphatic rings. The van der Waals surface area contributed by atoms with E-state index >= 15 is 0 Å². The second-order valence-corrected chi connectivity index (χ2v) is 4.82. The highest BCUT2D eigenvalue weighted by atomic mass is 19.4. The molecule has 1 N–H and O–H groups in total. The van der Waals surface area contributed by atoms with Gasteiger partial charge in [-0.2, -0.15) is 13.2 Å². The van der Waals surface area contributed by atoms with Crippen LogP contribution in [0.1, 0.15) is 37.9 Å². The first kappa shape index (κ1) is 17.0. The summed E-state index contributed by atoms with van der Waals surface area (Å²) >= 11 is 0. The number of benzene rings is 1. The van der Waals surface area contributed by atoms with Gasteiger partial charge in [-0.05, 0) is 37.7 Å². The van der Waals surface area contributed by atoms with Gasteiger partial charge in [0.2, 0.25) is 0 Å². The standard InChI is InChI=1S/C15H23F3N2/c1-4-20(5-2)11-10-19-12(3)13-6-8-14(9-7-13)15(16,17)18/h6-9,12,19H,4-5,10-11H2,1-3H3. The second-order valence-electron chi connectivity index (χ2n) is 4.82. The Morgan fingerprint density at radius 1 is 1.10 bits per heavy atom. The summed E-state index contributed by atoms with van der Waals surface area (Å²) in [5.74, 6) is 0. The summed E-state index contributed by atoms with van der Waals surface area (Å²) in [6.45, 7) is 9.97. The largest absolute Gasteiger partial charge is 0.416 e. The van der Waals surface area contributed by atoms with Crippen LogP contribution in [-0.4, -0.2) is 31.1 Å². The molecule has 1 unspecified atom stereocenters. The zero-order chi connectivity index (χ0) is 15.2. The maximum absolute atomic E-state index is 12.5. The number of halogens is 3. The maximum Gasteiger partial charge on any atom is 0.416 e. The van der Waals surface area contributed by atoms with E-state index in [1.54, 1.807) is 0 Å². The van der Waals surface area contributed by atoms with E-state index in [2.05, 4.69) is 24.1 Å². The number of rotatable bonds is 7. The third-order valence-corrected chi connectivity index (χ3v) is 3.51. The van der Waals surface area contributed by atoms with Crippen LogP contribution >= 0.6 is 0 Å². The minimum Gasteiger partial charge on any atom is -0.309 e. The third kappa shape index (κ3) is 5.13. The first-order valence-electron chi connectivity index (χ1n) is 7.01.